The SMILES string of the molecule is O=C(NC1CCS(=O)(=O)C1)c1c(O)c2ncc(Cc3ccc(F)cc3)cc2[nH]c1=O. The monoisotopic (exact) mass is 431 g/mol. The van der Waals surface area contributed by atoms with Crippen LogP contribution in [-0.2, 0) is 16.3 Å². The third-order valence-corrected chi connectivity index (χ3v) is 6.76. The van der Waals surface area contributed by atoms with Crippen LogP contribution in [-0.4, -0.2) is 46.9 Å². The number of nitrogens with zero attached hydrogens (tertiary/aromatic N) is 1. The molecular weight excluding hydrogens is 413 g/mol. The molecule has 0 aliphatic carbocycles. The van der Waals surface area contributed by atoms with E-state index in [1.807, 2.05) is 0 Å². The summed E-state index contributed by atoms with van der Waals surface area (Å²) in [6.07, 6.45) is 2.19. The Morgan fingerprint density at radius 3 is 2.67 bits per heavy atom. The molecule has 3 aromatic rings. The van der Waals surface area contributed by atoms with E-state index in [0.29, 0.717) is 6.42 Å². The maximum Gasteiger partial charge on any atom is 0.265 e. The molecule has 1 atom stereocenters. The van der Waals surface area contributed by atoms with Gasteiger partial charge in [-0.2, -0.15) is 0 Å². The van der Waals surface area contributed by atoms with Gasteiger partial charge in [-0.15, -0.1) is 0 Å². The highest BCUT2D eigenvalue weighted by Gasteiger charge is 2.31. The number of rotatable bonds is 4. The van der Waals surface area contributed by atoms with Gasteiger partial charge in [-0.1, -0.05) is 12.1 Å². The minimum atomic E-state index is -3.21. The number of sulfone groups is 1. The molecule has 1 saturated heterocycles. The summed E-state index contributed by atoms with van der Waals surface area (Å²) in [5, 5.41) is 13.0. The maximum atomic E-state index is 13.0. The summed E-state index contributed by atoms with van der Waals surface area (Å²) in [7, 11) is -3.21. The molecule has 3 heterocycles. The number of halogens is 1. The number of carbonyl (C=O) groups is 1. The summed E-state index contributed by atoms with van der Waals surface area (Å²) < 4.78 is 36.1. The van der Waals surface area contributed by atoms with Crippen molar-refractivity contribution in [3.8, 4) is 5.75 Å². The van der Waals surface area contributed by atoms with Gasteiger partial charge in [-0.3, -0.25) is 14.6 Å². The second-order valence-corrected chi connectivity index (χ2v) is 9.52. The highest BCUT2D eigenvalue weighted by atomic mass is 32.2. The second-order valence-electron chi connectivity index (χ2n) is 7.29. The molecule has 0 saturated carbocycles. The molecule has 0 bridgehead atoms. The number of aromatic nitrogens is 2. The molecule has 4 rings (SSSR count). The molecule has 8 nitrogen and oxygen atoms in total. The van der Waals surface area contributed by atoms with Crippen molar-refractivity contribution in [3.63, 3.8) is 0 Å². The average molecular weight is 431 g/mol. The lowest BCUT2D eigenvalue weighted by molar-refractivity contribution is 0.0937. The first kappa shape index (κ1) is 20.0. The molecule has 3 N–H and O–H groups in total. The van der Waals surface area contributed by atoms with Crippen molar-refractivity contribution in [3.05, 3.63) is 69.4 Å². The third-order valence-electron chi connectivity index (χ3n) is 5.00. The van der Waals surface area contributed by atoms with Crippen LogP contribution in [0.25, 0.3) is 11.0 Å². The Morgan fingerprint density at radius 1 is 1.27 bits per heavy atom. The Balaban J connectivity index is 1.62. The van der Waals surface area contributed by atoms with Crippen molar-refractivity contribution in [2.75, 3.05) is 11.5 Å². The van der Waals surface area contributed by atoms with Gasteiger partial charge >= 0.3 is 0 Å². The van der Waals surface area contributed by atoms with Crippen molar-refractivity contribution >= 4 is 26.8 Å². The topological polar surface area (TPSA) is 129 Å². The molecule has 1 aliphatic rings. The summed E-state index contributed by atoms with van der Waals surface area (Å²) in [5.74, 6) is -1.99. The lowest BCUT2D eigenvalue weighted by atomic mass is 10.1. The lowest BCUT2D eigenvalue weighted by Crippen LogP contribution is -2.38. The van der Waals surface area contributed by atoms with Gasteiger partial charge in [0.05, 0.1) is 17.0 Å². The van der Waals surface area contributed by atoms with Crippen molar-refractivity contribution in [2.24, 2.45) is 0 Å². The van der Waals surface area contributed by atoms with Crippen LogP contribution in [0.2, 0.25) is 0 Å². The number of benzene rings is 1. The number of amides is 1. The zero-order valence-corrected chi connectivity index (χ0v) is 16.5. The lowest BCUT2D eigenvalue weighted by Gasteiger charge is -2.12. The molecule has 1 fully saturated rings. The fourth-order valence-electron chi connectivity index (χ4n) is 3.51. The molecule has 0 spiro atoms. The van der Waals surface area contributed by atoms with E-state index in [0.717, 1.165) is 11.1 Å². The van der Waals surface area contributed by atoms with E-state index in [4.69, 9.17) is 0 Å². The van der Waals surface area contributed by atoms with Gasteiger partial charge in [0.15, 0.2) is 15.6 Å². The summed E-state index contributed by atoms with van der Waals surface area (Å²) >= 11 is 0. The van der Waals surface area contributed by atoms with Gasteiger partial charge in [0.2, 0.25) is 0 Å². The smallest absolute Gasteiger partial charge is 0.265 e. The van der Waals surface area contributed by atoms with Crippen LogP contribution in [0.1, 0.15) is 27.9 Å². The molecule has 30 heavy (non-hydrogen) atoms. The maximum absolute atomic E-state index is 13.0. The molecule has 156 valence electrons. The molecule has 1 aromatic carbocycles. The van der Waals surface area contributed by atoms with Crippen LogP contribution in [0.4, 0.5) is 4.39 Å². The normalized spacial score (nSPS) is 17.8. The highest BCUT2D eigenvalue weighted by Crippen LogP contribution is 2.24. The van der Waals surface area contributed by atoms with Gasteiger partial charge < -0.3 is 15.4 Å². The summed E-state index contributed by atoms with van der Waals surface area (Å²) in [4.78, 5) is 31.6. The van der Waals surface area contributed by atoms with Crippen LogP contribution >= 0.6 is 0 Å². The summed E-state index contributed by atoms with van der Waals surface area (Å²) in [5.41, 5.74) is 0.535. The third kappa shape index (κ3) is 4.04. The predicted molar refractivity (Wildman–Crippen MR) is 108 cm³/mol. The van der Waals surface area contributed by atoms with Crippen LogP contribution < -0.4 is 10.9 Å². The van der Waals surface area contributed by atoms with E-state index in [2.05, 4.69) is 15.3 Å². The summed E-state index contributed by atoms with van der Waals surface area (Å²) in [6, 6.07) is 6.98. The van der Waals surface area contributed by atoms with E-state index < -0.39 is 38.7 Å². The van der Waals surface area contributed by atoms with Crippen molar-refractivity contribution in [1.82, 2.24) is 15.3 Å². The molecule has 1 amide bonds. The molecule has 0 radical (unpaired) electrons. The highest BCUT2D eigenvalue weighted by molar-refractivity contribution is 7.91. The van der Waals surface area contributed by atoms with Gasteiger partial charge in [0.1, 0.15) is 16.9 Å². The summed E-state index contributed by atoms with van der Waals surface area (Å²) in [6.45, 7) is 0. The van der Waals surface area contributed by atoms with E-state index >= 15 is 0 Å². The number of hydrogen-bond acceptors (Lipinski definition) is 6. The second kappa shape index (κ2) is 7.52. The number of pyridine rings is 2. The number of fused-ring (bicyclic) bond motifs is 1. The quantitative estimate of drug-likeness (QED) is 0.571. The molecule has 10 heteroatoms. The van der Waals surface area contributed by atoms with Gasteiger partial charge in [0.25, 0.3) is 11.5 Å². The first-order valence-electron chi connectivity index (χ1n) is 9.21. The average Bonchev–Trinajstić information content (AvgIpc) is 3.01. The number of nitrogens with one attached hydrogen (secondary N) is 2. The number of hydrogen-bond donors (Lipinski definition) is 3. The Labute approximate surface area is 170 Å². The van der Waals surface area contributed by atoms with E-state index in [-0.39, 0.29) is 34.8 Å². The van der Waals surface area contributed by atoms with Crippen LogP contribution in [0.15, 0.2) is 41.3 Å². The van der Waals surface area contributed by atoms with Gasteiger partial charge in [-0.05, 0) is 42.2 Å². The van der Waals surface area contributed by atoms with Crippen LogP contribution in [0.5, 0.6) is 5.75 Å². The van der Waals surface area contributed by atoms with Crippen molar-refractivity contribution in [2.45, 2.75) is 18.9 Å². The van der Waals surface area contributed by atoms with Crippen molar-refractivity contribution in [1.29, 1.82) is 0 Å². The Kier molecular flexibility index (Phi) is 5.02. The Bertz CT molecular complexity index is 1300. The Hall–Kier alpha value is -3.27. The number of aromatic amines is 1. The predicted octanol–water partition coefficient (Wildman–Crippen LogP) is 1.28. The number of carbonyl (C=O) groups excluding carboxylic acids is 1. The molecule has 2 aromatic heterocycles. The zero-order valence-electron chi connectivity index (χ0n) is 15.7. The first-order valence-corrected chi connectivity index (χ1v) is 11.0. The molecule has 1 unspecified atom stereocenters. The fourth-order valence-corrected chi connectivity index (χ4v) is 5.19. The van der Waals surface area contributed by atoms with Crippen LogP contribution in [0.3, 0.4) is 0 Å². The van der Waals surface area contributed by atoms with Crippen molar-refractivity contribution < 1.29 is 22.7 Å². The van der Waals surface area contributed by atoms with E-state index in [1.54, 1.807) is 18.2 Å². The largest absolute Gasteiger partial charge is 0.505 e. The van der Waals surface area contributed by atoms with Crippen LogP contribution in [0, 0.1) is 5.82 Å². The minimum absolute atomic E-state index is 0.0314. The zero-order chi connectivity index (χ0) is 21.5. The minimum Gasteiger partial charge on any atom is -0.505 e. The van der Waals surface area contributed by atoms with Gasteiger partial charge in [-0.25, -0.2) is 12.8 Å². The standard InChI is InChI=1S/C20H18FN3O5S/c21-13-3-1-11(2-4-13)7-12-8-15-17(22-9-12)18(25)16(20(27)24-15)19(26)23-14-5-6-30(28,29)10-14/h1-4,8-9,14H,5-7,10H2,(H,23,26)(H2,24,25,27). The van der Waals surface area contributed by atoms with Gasteiger partial charge in [0, 0.05) is 12.2 Å². The fraction of sp³-hybridized carbons (Fsp3) is 0.250. The van der Waals surface area contributed by atoms with E-state index in [1.165, 1.54) is 18.3 Å². The Morgan fingerprint density at radius 2 is 2.00 bits per heavy atom. The molecular formula is C20H18FN3O5S. The first-order chi connectivity index (χ1) is 14.2. The van der Waals surface area contributed by atoms with E-state index in [9.17, 15) is 27.5 Å². The number of aromatic hydroxyl groups is 1. The molecule has 1 aliphatic heterocycles. The number of H-pyrrole nitrogens is 1.